The highest BCUT2D eigenvalue weighted by Gasteiger charge is 2.13. The van der Waals surface area contributed by atoms with Crippen molar-refractivity contribution in [1.82, 2.24) is 0 Å². The van der Waals surface area contributed by atoms with Gasteiger partial charge in [0.05, 0.1) is 12.7 Å². The van der Waals surface area contributed by atoms with Gasteiger partial charge in [-0.05, 0) is 23.8 Å². The fraction of sp³-hybridized carbons (Fsp3) is 0.133. The molecule has 0 unspecified atom stereocenters. The zero-order valence-corrected chi connectivity index (χ0v) is 11.4. The molecule has 0 heterocycles. The molecule has 0 aliphatic rings. The first-order valence-corrected chi connectivity index (χ1v) is 6.16. The van der Waals surface area contributed by atoms with Crippen LogP contribution in [0.1, 0.15) is 15.9 Å². The van der Waals surface area contributed by atoms with Crippen LogP contribution >= 0.6 is 0 Å². The Morgan fingerprint density at radius 1 is 1.29 bits per heavy atom. The van der Waals surface area contributed by atoms with E-state index >= 15 is 0 Å². The van der Waals surface area contributed by atoms with Crippen LogP contribution in [0, 0.1) is 5.82 Å². The maximum atomic E-state index is 13.8. The van der Waals surface area contributed by atoms with Crippen molar-refractivity contribution in [3.8, 4) is 11.5 Å². The molecule has 0 saturated carbocycles. The first-order valence-electron chi connectivity index (χ1n) is 6.16. The van der Waals surface area contributed by atoms with Gasteiger partial charge in [0.1, 0.15) is 12.4 Å². The first-order chi connectivity index (χ1) is 10.0. The van der Waals surface area contributed by atoms with E-state index in [-0.39, 0.29) is 23.6 Å². The topological polar surface area (TPSA) is 87.6 Å². The highest BCUT2D eigenvalue weighted by atomic mass is 19.1. The molecule has 0 aromatic heterocycles. The van der Waals surface area contributed by atoms with E-state index in [4.69, 9.17) is 20.9 Å². The number of anilines is 1. The number of hydrogen-bond donors (Lipinski definition) is 2. The lowest BCUT2D eigenvalue weighted by atomic mass is 10.1. The summed E-state index contributed by atoms with van der Waals surface area (Å²) in [6.07, 6.45) is 0. The van der Waals surface area contributed by atoms with Gasteiger partial charge < -0.3 is 20.9 Å². The van der Waals surface area contributed by atoms with Crippen molar-refractivity contribution in [1.29, 1.82) is 0 Å². The van der Waals surface area contributed by atoms with Crippen molar-refractivity contribution in [2.24, 2.45) is 5.73 Å². The summed E-state index contributed by atoms with van der Waals surface area (Å²) in [5.74, 6) is -0.799. The van der Waals surface area contributed by atoms with Gasteiger partial charge in [0.15, 0.2) is 11.6 Å². The number of nitrogen functional groups attached to an aromatic ring is 1. The zero-order valence-electron chi connectivity index (χ0n) is 11.4. The summed E-state index contributed by atoms with van der Waals surface area (Å²) in [5.41, 5.74) is 11.5. The molecule has 110 valence electrons. The lowest BCUT2D eigenvalue weighted by molar-refractivity contribution is 0.100. The molecule has 1 amide bonds. The van der Waals surface area contributed by atoms with Gasteiger partial charge >= 0.3 is 0 Å². The number of carbonyl (C=O) groups is 1. The average Bonchev–Trinajstić information content (AvgIpc) is 2.46. The molecule has 2 aromatic carbocycles. The van der Waals surface area contributed by atoms with E-state index in [0.717, 1.165) is 11.6 Å². The third kappa shape index (κ3) is 3.42. The summed E-state index contributed by atoms with van der Waals surface area (Å²) in [5, 5.41) is 0. The molecule has 6 heteroatoms. The summed E-state index contributed by atoms with van der Waals surface area (Å²) < 4.78 is 24.2. The minimum atomic E-state index is -0.737. The Hall–Kier alpha value is -2.76. The van der Waals surface area contributed by atoms with Crippen molar-refractivity contribution in [2.75, 3.05) is 12.8 Å². The molecular weight excluding hydrogens is 275 g/mol. The third-order valence-corrected chi connectivity index (χ3v) is 2.90. The Morgan fingerprint density at radius 3 is 2.71 bits per heavy atom. The number of hydrogen-bond acceptors (Lipinski definition) is 4. The van der Waals surface area contributed by atoms with E-state index in [1.165, 1.54) is 6.07 Å². The normalized spacial score (nSPS) is 10.2. The van der Waals surface area contributed by atoms with Gasteiger partial charge in [0.2, 0.25) is 0 Å². The molecule has 0 aliphatic heterocycles. The van der Waals surface area contributed by atoms with Crippen LogP contribution in [-0.4, -0.2) is 13.0 Å². The van der Waals surface area contributed by atoms with Crippen molar-refractivity contribution in [2.45, 2.75) is 6.61 Å². The fourth-order valence-electron chi connectivity index (χ4n) is 1.82. The average molecular weight is 290 g/mol. The summed E-state index contributed by atoms with van der Waals surface area (Å²) in [6, 6.07) is 9.38. The van der Waals surface area contributed by atoms with Crippen LogP contribution in [0.2, 0.25) is 0 Å². The number of amides is 1. The highest BCUT2D eigenvalue weighted by molar-refractivity contribution is 5.98. The monoisotopic (exact) mass is 290 g/mol. The first kappa shape index (κ1) is 14.6. The van der Waals surface area contributed by atoms with Crippen LogP contribution < -0.4 is 20.9 Å². The van der Waals surface area contributed by atoms with Gasteiger partial charge in [-0.25, -0.2) is 4.39 Å². The number of ether oxygens (including phenoxy) is 2. The maximum Gasteiger partial charge on any atom is 0.250 e. The summed E-state index contributed by atoms with van der Waals surface area (Å²) in [6.45, 7) is 0.121. The van der Waals surface area contributed by atoms with Gasteiger partial charge in [0, 0.05) is 11.8 Å². The van der Waals surface area contributed by atoms with E-state index in [9.17, 15) is 9.18 Å². The molecular formula is C15H15FN2O3. The number of benzene rings is 2. The molecule has 0 aliphatic carbocycles. The van der Waals surface area contributed by atoms with Gasteiger partial charge in [-0.1, -0.05) is 12.1 Å². The van der Waals surface area contributed by atoms with E-state index in [1.807, 2.05) is 6.07 Å². The predicted molar refractivity (Wildman–Crippen MR) is 76.7 cm³/mol. The highest BCUT2D eigenvalue weighted by Crippen LogP contribution is 2.25. The van der Waals surface area contributed by atoms with Crippen molar-refractivity contribution in [3.63, 3.8) is 0 Å². The smallest absolute Gasteiger partial charge is 0.250 e. The van der Waals surface area contributed by atoms with Crippen molar-refractivity contribution >= 4 is 11.6 Å². The Bertz CT molecular complexity index is 674. The minimum Gasteiger partial charge on any atom is -0.497 e. The molecule has 0 saturated heterocycles. The molecule has 0 fully saturated rings. The van der Waals surface area contributed by atoms with Crippen LogP contribution in [0.3, 0.4) is 0 Å². The summed E-state index contributed by atoms with van der Waals surface area (Å²) >= 11 is 0. The number of primary amides is 1. The predicted octanol–water partition coefficient (Wildman–Crippen LogP) is 2.09. The Labute approximate surface area is 121 Å². The number of rotatable bonds is 5. The zero-order chi connectivity index (χ0) is 15.4. The van der Waals surface area contributed by atoms with Crippen molar-refractivity contribution < 1.29 is 18.7 Å². The summed E-state index contributed by atoms with van der Waals surface area (Å²) in [4.78, 5) is 11.2. The van der Waals surface area contributed by atoms with Crippen LogP contribution in [-0.2, 0) is 6.61 Å². The SMILES string of the molecule is COc1cccc(COc2cc(C(N)=O)c(N)cc2F)c1. The molecule has 0 bridgehead atoms. The molecule has 0 spiro atoms. The number of carbonyl (C=O) groups excluding carboxylic acids is 1. The fourth-order valence-corrected chi connectivity index (χ4v) is 1.82. The molecule has 21 heavy (non-hydrogen) atoms. The summed E-state index contributed by atoms with van der Waals surface area (Å²) in [7, 11) is 1.55. The molecule has 0 radical (unpaired) electrons. The standard InChI is InChI=1S/C15H15FN2O3/c1-20-10-4-2-3-9(5-10)8-21-14-6-11(15(18)19)13(17)7-12(14)16/h2-7H,8,17H2,1H3,(H2,18,19). The lowest BCUT2D eigenvalue weighted by Gasteiger charge is -2.10. The quantitative estimate of drug-likeness (QED) is 0.825. The molecule has 4 N–H and O–H groups in total. The third-order valence-electron chi connectivity index (χ3n) is 2.90. The van der Waals surface area contributed by atoms with Gasteiger partial charge in [-0.15, -0.1) is 0 Å². The molecule has 0 atom stereocenters. The van der Waals surface area contributed by atoms with Gasteiger partial charge in [0.25, 0.3) is 5.91 Å². The Balaban J connectivity index is 2.19. The van der Waals surface area contributed by atoms with E-state index in [0.29, 0.717) is 5.75 Å². The Morgan fingerprint density at radius 2 is 2.05 bits per heavy atom. The second kappa shape index (κ2) is 6.13. The van der Waals surface area contributed by atoms with Crippen LogP contribution in [0.4, 0.5) is 10.1 Å². The minimum absolute atomic E-state index is 0.0197. The second-order valence-corrected chi connectivity index (χ2v) is 4.37. The van der Waals surface area contributed by atoms with Crippen LogP contribution in [0.15, 0.2) is 36.4 Å². The molecule has 5 nitrogen and oxygen atoms in total. The Kier molecular flexibility index (Phi) is 4.27. The molecule has 2 aromatic rings. The second-order valence-electron chi connectivity index (χ2n) is 4.37. The number of halogens is 1. The molecule has 2 rings (SSSR count). The van der Waals surface area contributed by atoms with Crippen LogP contribution in [0.5, 0.6) is 11.5 Å². The lowest BCUT2D eigenvalue weighted by Crippen LogP contribution is -2.14. The van der Waals surface area contributed by atoms with Gasteiger partial charge in [-0.3, -0.25) is 4.79 Å². The van der Waals surface area contributed by atoms with E-state index in [1.54, 1.807) is 25.3 Å². The maximum absolute atomic E-state index is 13.8. The van der Waals surface area contributed by atoms with E-state index < -0.39 is 11.7 Å². The largest absolute Gasteiger partial charge is 0.497 e. The number of methoxy groups -OCH3 is 1. The van der Waals surface area contributed by atoms with Crippen molar-refractivity contribution in [3.05, 3.63) is 53.3 Å². The van der Waals surface area contributed by atoms with Gasteiger partial charge in [-0.2, -0.15) is 0 Å². The van der Waals surface area contributed by atoms with E-state index in [2.05, 4.69) is 0 Å². The number of nitrogens with two attached hydrogens (primary N) is 2. The van der Waals surface area contributed by atoms with Crippen LogP contribution in [0.25, 0.3) is 0 Å².